The van der Waals surface area contributed by atoms with Crippen LogP contribution >= 0.6 is 0 Å². The number of aliphatic hydroxyl groups excluding tert-OH is 2. The Morgan fingerprint density at radius 1 is 0.882 bits per heavy atom. The Morgan fingerprint density at radius 3 is 2.16 bits per heavy atom. The van der Waals surface area contributed by atoms with Gasteiger partial charge in [-0.2, -0.15) is 0 Å². The zero-order valence-electron chi connectivity index (χ0n) is 33.2. The van der Waals surface area contributed by atoms with Crippen molar-refractivity contribution in [1.82, 2.24) is 5.32 Å². The standard InChI is InChI=1S/C38H69NO12/c1-14-26-37(12,42)33-21(6)29-19(4)16-36(11,50-29)32(48-34-28(40)25(39-18(2)3)15-20(5)45-34)22(7)30(23(8)38(43,49-26)51-33)47-27-17-35(10,44-13)31(41)24(9)46-27/h18-34,39-43H,14-17H2,1-13H3/t19-,20?,21-,22-,23+,24?,25?,26+,27-,28?,29?,30-,31-,32+,33+,34-,35?,36-,37+,38-/m0/s1. The average molecular weight is 732 g/mol. The van der Waals surface area contributed by atoms with E-state index in [0.717, 1.165) is 0 Å². The molecule has 0 radical (unpaired) electrons. The van der Waals surface area contributed by atoms with Gasteiger partial charge in [-0.05, 0) is 59.8 Å². The van der Waals surface area contributed by atoms with E-state index in [1.165, 1.54) is 0 Å². The van der Waals surface area contributed by atoms with Crippen molar-refractivity contribution in [2.45, 2.75) is 211 Å². The van der Waals surface area contributed by atoms with Crippen molar-refractivity contribution in [3.05, 3.63) is 0 Å². The molecule has 13 nitrogen and oxygen atoms in total. The van der Waals surface area contributed by atoms with Crippen LogP contribution in [0.4, 0.5) is 0 Å². The Labute approximate surface area is 305 Å². The summed E-state index contributed by atoms with van der Waals surface area (Å²) in [4.78, 5) is 0. The fourth-order valence-electron chi connectivity index (χ4n) is 9.97. The summed E-state index contributed by atoms with van der Waals surface area (Å²) < 4.78 is 52.3. The molecule has 0 spiro atoms. The van der Waals surface area contributed by atoms with Gasteiger partial charge >= 0.3 is 0 Å². The van der Waals surface area contributed by atoms with E-state index in [2.05, 4.69) is 12.2 Å². The van der Waals surface area contributed by atoms with E-state index in [4.69, 9.17) is 37.9 Å². The van der Waals surface area contributed by atoms with Crippen LogP contribution in [0.5, 0.6) is 0 Å². The van der Waals surface area contributed by atoms with Crippen LogP contribution in [0.15, 0.2) is 0 Å². The highest BCUT2D eigenvalue weighted by molar-refractivity contribution is 5.07. The lowest BCUT2D eigenvalue weighted by Gasteiger charge is -2.55. The summed E-state index contributed by atoms with van der Waals surface area (Å²) in [5, 5.41) is 50.6. The van der Waals surface area contributed by atoms with E-state index in [1.54, 1.807) is 21.0 Å². The van der Waals surface area contributed by atoms with Crippen molar-refractivity contribution >= 4 is 0 Å². The van der Waals surface area contributed by atoms with Gasteiger partial charge in [0.25, 0.3) is 5.97 Å². The molecule has 5 N–H and O–H groups in total. The third kappa shape index (κ3) is 7.81. The van der Waals surface area contributed by atoms with Crippen LogP contribution in [0.25, 0.3) is 0 Å². The minimum atomic E-state index is -2.18. The molecule has 0 saturated carbocycles. The maximum atomic E-state index is 12.5. The minimum Gasteiger partial charge on any atom is -0.387 e. The summed E-state index contributed by atoms with van der Waals surface area (Å²) in [6.07, 6.45) is -6.18. The molecule has 5 aliphatic heterocycles. The van der Waals surface area contributed by atoms with Crippen LogP contribution in [-0.2, 0) is 37.9 Å². The van der Waals surface area contributed by atoms with Crippen molar-refractivity contribution in [3.8, 4) is 0 Å². The number of aliphatic hydroxyl groups is 4. The van der Waals surface area contributed by atoms with Gasteiger partial charge in [0.15, 0.2) is 12.6 Å². The van der Waals surface area contributed by atoms with E-state index in [0.29, 0.717) is 19.3 Å². The Balaban J connectivity index is 1.61. The third-order valence-electron chi connectivity index (χ3n) is 12.8. The highest BCUT2D eigenvalue weighted by atomic mass is 16.8. The topological polar surface area (TPSA) is 167 Å². The van der Waals surface area contributed by atoms with Gasteiger partial charge in [0.2, 0.25) is 0 Å². The molecule has 6 unspecified atom stereocenters. The van der Waals surface area contributed by atoms with Gasteiger partial charge in [-0.15, -0.1) is 0 Å². The molecule has 5 fully saturated rings. The number of rotatable bonds is 8. The number of hydrogen-bond donors (Lipinski definition) is 5. The Hall–Kier alpha value is -0.520. The quantitative estimate of drug-likeness (QED) is 0.247. The first-order valence-corrected chi connectivity index (χ1v) is 19.4. The molecule has 20 atom stereocenters. The predicted molar refractivity (Wildman–Crippen MR) is 187 cm³/mol. The molecule has 13 heteroatoms. The number of ether oxygens (including phenoxy) is 8. The van der Waals surface area contributed by atoms with E-state index < -0.39 is 89.9 Å². The fraction of sp³-hybridized carbons (Fsp3) is 1.00. The SMILES string of the molecule is CC[C@H]1O[C@]2(O)O[C@H]([C@@H](C)C3O[C@@](C)(C[C@@H]3C)[C@H](O[C@@H]3OC(C)CC(NC(C)C)C3O)[C@@H](C)[C@H](O[C@H]3CC(C)(OC)[C@@H](O)C(C)O3)[C@H]2C)[C@]1(C)O. The lowest BCUT2D eigenvalue weighted by Crippen LogP contribution is -2.69. The molecular weight excluding hydrogens is 662 g/mol. The minimum absolute atomic E-state index is 0.0211. The molecule has 0 aliphatic carbocycles. The molecule has 51 heavy (non-hydrogen) atoms. The summed E-state index contributed by atoms with van der Waals surface area (Å²) in [6, 6.07) is -0.111. The predicted octanol–water partition coefficient (Wildman–Crippen LogP) is 3.22. The smallest absolute Gasteiger partial charge is 0.286 e. The second kappa shape index (κ2) is 15.2. The number of methoxy groups -OCH3 is 1. The van der Waals surface area contributed by atoms with E-state index in [1.807, 2.05) is 62.3 Å². The maximum absolute atomic E-state index is 12.5. The second-order valence-electron chi connectivity index (χ2n) is 17.6. The first-order valence-electron chi connectivity index (χ1n) is 19.4. The molecule has 5 heterocycles. The first-order chi connectivity index (χ1) is 23.6. The summed E-state index contributed by atoms with van der Waals surface area (Å²) in [7, 11) is 1.55. The van der Waals surface area contributed by atoms with E-state index in [-0.39, 0.29) is 42.5 Å². The molecule has 5 saturated heterocycles. The zero-order chi connectivity index (χ0) is 38.0. The number of nitrogens with one attached hydrogen (secondary N) is 1. The molecule has 5 aliphatic rings. The zero-order valence-corrected chi connectivity index (χ0v) is 33.2. The van der Waals surface area contributed by atoms with Gasteiger partial charge in [-0.25, -0.2) is 0 Å². The molecule has 5 rings (SSSR count). The molecular formula is C38H69NO12. The molecule has 0 aromatic carbocycles. The van der Waals surface area contributed by atoms with E-state index in [9.17, 15) is 20.4 Å². The number of hydrogen-bond acceptors (Lipinski definition) is 13. The van der Waals surface area contributed by atoms with Crippen LogP contribution < -0.4 is 5.32 Å². The average Bonchev–Trinajstić information content (AvgIpc) is 3.36. The lowest BCUT2D eigenvalue weighted by molar-refractivity contribution is -0.481. The monoisotopic (exact) mass is 731 g/mol. The first kappa shape index (κ1) is 41.6. The summed E-state index contributed by atoms with van der Waals surface area (Å²) >= 11 is 0. The third-order valence-corrected chi connectivity index (χ3v) is 12.8. The molecule has 0 aromatic heterocycles. The van der Waals surface area contributed by atoms with Crippen molar-refractivity contribution in [3.63, 3.8) is 0 Å². The van der Waals surface area contributed by atoms with Crippen LogP contribution in [-0.4, -0.2) is 130 Å². The Morgan fingerprint density at radius 2 is 1.55 bits per heavy atom. The molecule has 0 amide bonds. The van der Waals surface area contributed by atoms with Crippen LogP contribution in [0.2, 0.25) is 0 Å². The van der Waals surface area contributed by atoms with Gasteiger partial charge in [0, 0.05) is 37.5 Å². The molecule has 4 bridgehead atoms. The van der Waals surface area contributed by atoms with Crippen molar-refractivity contribution in [1.29, 1.82) is 0 Å². The van der Waals surface area contributed by atoms with Gasteiger partial charge in [0.05, 0.1) is 59.8 Å². The molecule has 0 aromatic rings. The normalized spacial score (nSPS) is 55.4. The second-order valence-corrected chi connectivity index (χ2v) is 17.6. The Bertz CT molecular complexity index is 1180. The van der Waals surface area contributed by atoms with Gasteiger partial charge < -0.3 is 63.6 Å². The Kier molecular flexibility index (Phi) is 12.4. The summed E-state index contributed by atoms with van der Waals surface area (Å²) in [5.74, 6) is -3.91. The summed E-state index contributed by atoms with van der Waals surface area (Å²) in [5.41, 5.74) is -3.31. The van der Waals surface area contributed by atoms with Gasteiger partial charge in [-0.1, -0.05) is 48.5 Å². The van der Waals surface area contributed by atoms with Crippen molar-refractivity contribution in [2.24, 2.45) is 23.7 Å². The largest absolute Gasteiger partial charge is 0.387 e. The fourth-order valence-corrected chi connectivity index (χ4v) is 9.97. The van der Waals surface area contributed by atoms with Gasteiger partial charge in [0.1, 0.15) is 17.8 Å². The van der Waals surface area contributed by atoms with E-state index >= 15 is 0 Å². The highest BCUT2D eigenvalue weighted by Crippen LogP contribution is 2.52. The highest BCUT2D eigenvalue weighted by Gasteiger charge is 2.64. The van der Waals surface area contributed by atoms with Crippen molar-refractivity contribution in [2.75, 3.05) is 7.11 Å². The number of fused-ring (bicyclic) bond motifs is 4. The maximum Gasteiger partial charge on any atom is 0.286 e. The van der Waals surface area contributed by atoms with Crippen LogP contribution in [0.3, 0.4) is 0 Å². The molecule has 298 valence electrons. The van der Waals surface area contributed by atoms with Crippen LogP contribution in [0.1, 0.15) is 109 Å². The summed E-state index contributed by atoms with van der Waals surface area (Å²) in [6.45, 7) is 23.2. The lowest BCUT2D eigenvalue weighted by atomic mass is 9.74. The van der Waals surface area contributed by atoms with Crippen LogP contribution in [0, 0.1) is 23.7 Å². The van der Waals surface area contributed by atoms with Crippen molar-refractivity contribution < 1.29 is 58.3 Å². The van der Waals surface area contributed by atoms with Gasteiger partial charge in [-0.3, -0.25) is 0 Å².